The molecule has 86 valence electrons. The average molecular weight is 214 g/mol. The quantitative estimate of drug-likeness (QED) is 0.671. The molecule has 0 aliphatic carbocycles. The summed E-state index contributed by atoms with van der Waals surface area (Å²) in [5.74, 6) is -0.728. The van der Waals surface area contributed by atoms with E-state index in [0.717, 1.165) is 19.5 Å². The summed E-state index contributed by atoms with van der Waals surface area (Å²) in [7, 11) is 0. The summed E-state index contributed by atoms with van der Waals surface area (Å²) in [6.45, 7) is 4.39. The molecule has 1 saturated heterocycles. The number of carbonyl (C=O) groups excluding carboxylic acids is 1. The van der Waals surface area contributed by atoms with Crippen LogP contribution in [-0.4, -0.2) is 48.1 Å². The van der Waals surface area contributed by atoms with Crippen LogP contribution < -0.4 is 5.32 Å². The van der Waals surface area contributed by atoms with Crippen molar-refractivity contribution in [2.75, 3.05) is 26.2 Å². The smallest absolute Gasteiger partial charge is 0.305 e. The zero-order valence-electron chi connectivity index (χ0n) is 9.03. The second-order valence-electron chi connectivity index (χ2n) is 3.75. The van der Waals surface area contributed by atoms with Crippen molar-refractivity contribution in [3.8, 4) is 0 Å². The number of amides is 1. The SMILES string of the molecule is CCN(CCC(=O)O)C(=O)C1CCNC1. The van der Waals surface area contributed by atoms with E-state index in [1.54, 1.807) is 4.90 Å². The van der Waals surface area contributed by atoms with Crippen LogP contribution in [0.4, 0.5) is 0 Å². The molecule has 1 aliphatic heterocycles. The highest BCUT2D eigenvalue weighted by molar-refractivity contribution is 5.80. The minimum atomic E-state index is -0.856. The van der Waals surface area contributed by atoms with Crippen molar-refractivity contribution in [3.05, 3.63) is 0 Å². The molecule has 0 aromatic carbocycles. The zero-order chi connectivity index (χ0) is 11.3. The van der Waals surface area contributed by atoms with Gasteiger partial charge in [0.2, 0.25) is 5.91 Å². The predicted octanol–water partition coefficient (Wildman–Crippen LogP) is -0.0809. The molecule has 0 bridgehead atoms. The van der Waals surface area contributed by atoms with Gasteiger partial charge in [0, 0.05) is 19.6 Å². The Morgan fingerprint density at radius 1 is 1.53 bits per heavy atom. The highest BCUT2D eigenvalue weighted by atomic mass is 16.4. The van der Waals surface area contributed by atoms with E-state index in [9.17, 15) is 9.59 Å². The Kier molecular flexibility index (Phi) is 4.55. The standard InChI is InChI=1S/C10H18N2O3/c1-2-12(6-4-9(13)14)10(15)8-3-5-11-7-8/h8,11H,2-7H2,1H3,(H,13,14). The molecular weight excluding hydrogens is 196 g/mol. The van der Waals surface area contributed by atoms with Crippen LogP contribution in [0.1, 0.15) is 19.8 Å². The van der Waals surface area contributed by atoms with Crippen LogP contribution in [0, 0.1) is 5.92 Å². The number of nitrogens with zero attached hydrogens (tertiary/aromatic N) is 1. The predicted molar refractivity (Wildman–Crippen MR) is 55.5 cm³/mol. The normalized spacial score (nSPS) is 20.2. The molecule has 1 fully saturated rings. The van der Waals surface area contributed by atoms with Gasteiger partial charge >= 0.3 is 5.97 Å². The number of carboxylic acid groups (broad SMARTS) is 1. The number of nitrogens with one attached hydrogen (secondary N) is 1. The van der Waals surface area contributed by atoms with Gasteiger partial charge in [-0.2, -0.15) is 0 Å². The van der Waals surface area contributed by atoms with Gasteiger partial charge in [-0.1, -0.05) is 0 Å². The van der Waals surface area contributed by atoms with Crippen molar-refractivity contribution < 1.29 is 14.7 Å². The molecule has 1 aliphatic rings. The van der Waals surface area contributed by atoms with Gasteiger partial charge in [-0.3, -0.25) is 9.59 Å². The van der Waals surface area contributed by atoms with Crippen molar-refractivity contribution >= 4 is 11.9 Å². The van der Waals surface area contributed by atoms with Crippen LogP contribution in [0.3, 0.4) is 0 Å². The molecule has 0 radical (unpaired) electrons. The number of aliphatic carboxylic acids is 1. The lowest BCUT2D eigenvalue weighted by molar-refractivity contribution is -0.139. The molecule has 1 rings (SSSR count). The molecule has 1 heterocycles. The summed E-state index contributed by atoms with van der Waals surface area (Å²) in [5.41, 5.74) is 0. The van der Waals surface area contributed by atoms with Crippen LogP contribution in [-0.2, 0) is 9.59 Å². The molecule has 1 atom stereocenters. The number of hydrogen-bond acceptors (Lipinski definition) is 3. The molecule has 15 heavy (non-hydrogen) atoms. The van der Waals surface area contributed by atoms with Crippen molar-refractivity contribution in [3.63, 3.8) is 0 Å². The Labute approximate surface area is 89.4 Å². The third-order valence-corrected chi connectivity index (χ3v) is 2.70. The minimum absolute atomic E-state index is 0.0275. The molecule has 0 aromatic heterocycles. The molecule has 0 aromatic rings. The maximum atomic E-state index is 11.9. The van der Waals surface area contributed by atoms with E-state index < -0.39 is 5.97 Å². The Morgan fingerprint density at radius 3 is 2.73 bits per heavy atom. The van der Waals surface area contributed by atoms with Crippen LogP contribution >= 0.6 is 0 Å². The van der Waals surface area contributed by atoms with Crippen LogP contribution in [0.15, 0.2) is 0 Å². The van der Waals surface area contributed by atoms with E-state index in [1.807, 2.05) is 6.92 Å². The fourth-order valence-electron chi connectivity index (χ4n) is 1.78. The van der Waals surface area contributed by atoms with Gasteiger partial charge in [0.15, 0.2) is 0 Å². The first-order valence-corrected chi connectivity index (χ1v) is 5.36. The first-order valence-electron chi connectivity index (χ1n) is 5.36. The summed E-state index contributed by atoms with van der Waals surface area (Å²) in [6.07, 6.45) is 0.891. The van der Waals surface area contributed by atoms with E-state index >= 15 is 0 Å². The topological polar surface area (TPSA) is 69.6 Å². The molecule has 0 saturated carbocycles. The second kappa shape index (κ2) is 5.70. The van der Waals surface area contributed by atoms with Crippen LogP contribution in [0.25, 0.3) is 0 Å². The van der Waals surface area contributed by atoms with Crippen molar-refractivity contribution in [1.82, 2.24) is 10.2 Å². The second-order valence-corrected chi connectivity index (χ2v) is 3.75. The van der Waals surface area contributed by atoms with E-state index in [-0.39, 0.29) is 18.2 Å². The van der Waals surface area contributed by atoms with Gasteiger partial charge in [0.25, 0.3) is 0 Å². The van der Waals surface area contributed by atoms with Gasteiger partial charge in [-0.05, 0) is 19.9 Å². The lowest BCUT2D eigenvalue weighted by atomic mass is 10.1. The van der Waals surface area contributed by atoms with E-state index in [0.29, 0.717) is 13.1 Å². The van der Waals surface area contributed by atoms with Crippen molar-refractivity contribution in [2.45, 2.75) is 19.8 Å². The Bertz CT molecular complexity index is 237. The maximum absolute atomic E-state index is 11.9. The molecule has 1 unspecified atom stereocenters. The fraction of sp³-hybridized carbons (Fsp3) is 0.800. The zero-order valence-corrected chi connectivity index (χ0v) is 9.03. The number of hydrogen-bond donors (Lipinski definition) is 2. The summed E-state index contributed by atoms with van der Waals surface area (Å²) in [4.78, 5) is 23.9. The molecule has 1 amide bonds. The van der Waals surface area contributed by atoms with Crippen LogP contribution in [0.5, 0.6) is 0 Å². The Balaban J connectivity index is 2.42. The molecule has 5 heteroatoms. The lowest BCUT2D eigenvalue weighted by Crippen LogP contribution is -2.38. The first-order chi connectivity index (χ1) is 7.15. The third kappa shape index (κ3) is 3.51. The van der Waals surface area contributed by atoms with Crippen LogP contribution in [0.2, 0.25) is 0 Å². The van der Waals surface area contributed by atoms with E-state index in [1.165, 1.54) is 0 Å². The summed E-state index contributed by atoms with van der Waals surface area (Å²) < 4.78 is 0. The van der Waals surface area contributed by atoms with Crippen molar-refractivity contribution in [1.29, 1.82) is 0 Å². The lowest BCUT2D eigenvalue weighted by Gasteiger charge is -2.23. The molecule has 0 spiro atoms. The van der Waals surface area contributed by atoms with Gasteiger partial charge in [-0.15, -0.1) is 0 Å². The number of carbonyl (C=O) groups is 2. The average Bonchev–Trinajstić information content (AvgIpc) is 2.70. The highest BCUT2D eigenvalue weighted by Crippen LogP contribution is 2.11. The van der Waals surface area contributed by atoms with E-state index in [4.69, 9.17) is 5.11 Å². The van der Waals surface area contributed by atoms with Gasteiger partial charge in [-0.25, -0.2) is 0 Å². The Morgan fingerprint density at radius 2 is 2.27 bits per heavy atom. The largest absolute Gasteiger partial charge is 0.481 e. The Hall–Kier alpha value is -1.10. The maximum Gasteiger partial charge on any atom is 0.305 e. The summed E-state index contributed by atoms with van der Waals surface area (Å²) in [6, 6.07) is 0. The molecule has 2 N–H and O–H groups in total. The number of carboxylic acids is 1. The van der Waals surface area contributed by atoms with Crippen molar-refractivity contribution in [2.24, 2.45) is 5.92 Å². The summed E-state index contributed by atoms with van der Waals surface area (Å²) >= 11 is 0. The van der Waals surface area contributed by atoms with Gasteiger partial charge in [0.05, 0.1) is 12.3 Å². The number of rotatable bonds is 5. The van der Waals surface area contributed by atoms with Gasteiger partial charge in [0.1, 0.15) is 0 Å². The monoisotopic (exact) mass is 214 g/mol. The molecule has 5 nitrogen and oxygen atoms in total. The third-order valence-electron chi connectivity index (χ3n) is 2.70. The summed E-state index contributed by atoms with van der Waals surface area (Å²) in [5, 5.41) is 11.7. The first kappa shape index (κ1) is 12.0. The van der Waals surface area contributed by atoms with Gasteiger partial charge < -0.3 is 15.3 Å². The van der Waals surface area contributed by atoms with E-state index in [2.05, 4.69) is 5.32 Å². The molecular formula is C10H18N2O3. The highest BCUT2D eigenvalue weighted by Gasteiger charge is 2.26. The minimum Gasteiger partial charge on any atom is -0.481 e. The fourth-order valence-corrected chi connectivity index (χ4v) is 1.78.